The van der Waals surface area contributed by atoms with E-state index in [2.05, 4.69) is 0 Å². The van der Waals surface area contributed by atoms with E-state index in [1.165, 1.54) is 0 Å². The average molecular weight is 192 g/mol. The number of aliphatic hydroxyl groups excluding tert-OH is 1. The molecule has 1 aliphatic rings. The molecule has 1 rings (SSSR count). The second-order valence-corrected chi connectivity index (χ2v) is 3.84. The molecular formula is C9H14F2O2. The number of hydrogen-bond acceptors (Lipinski definition) is 2. The zero-order chi connectivity index (χ0) is 9.95. The lowest BCUT2D eigenvalue weighted by atomic mass is 9.83. The molecule has 0 aromatic heterocycles. The number of carbonyl (C=O) groups excluding carboxylic acids is 1. The lowest BCUT2D eigenvalue weighted by Gasteiger charge is -2.21. The third kappa shape index (κ3) is 2.46. The van der Waals surface area contributed by atoms with Crippen molar-refractivity contribution in [1.29, 1.82) is 0 Å². The summed E-state index contributed by atoms with van der Waals surface area (Å²) in [6.07, 6.45) is 1.16. The molecule has 1 fully saturated rings. The van der Waals surface area contributed by atoms with Crippen LogP contribution in [0, 0.1) is 5.41 Å². The first-order valence-electron chi connectivity index (χ1n) is 4.49. The Morgan fingerprint density at radius 3 is 2.46 bits per heavy atom. The highest BCUT2D eigenvalue weighted by atomic mass is 19.3. The fourth-order valence-corrected chi connectivity index (χ4v) is 1.93. The fourth-order valence-electron chi connectivity index (χ4n) is 1.93. The summed E-state index contributed by atoms with van der Waals surface area (Å²) in [6.45, 7) is -0.0405. The van der Waals surface area contributed by atoms with Gasteiger partial charge in [-0.3, -0.25) is 0 Å². The molecule has 0 amide bonds. The van der Waals surface area contributed by atoms with Crippen molar-refractivity contribution >= 4 is 6.29 Å². The van der Waals surface area contributed by atoms with Crippen molar-refractivity contribution in [2.75, 3.05) is 6.61 Å². The van der Waals surface area contributed by atoms with Crippen LogP contribution in [0.4, 0.5) is 8.78 Å². The molecule has 76 valence electrons. The molecule has 0 aliphatic heterocycles. The summed E-state index contributed by atoms with van der Waals surface area (Å²) in [7, 11) is 0. The van der Waals surface area contributed by atoms with E-state index < -0.39 is 11.3 Å². The van der Waals surface area contributed by atoms with Gasteiger partial charge in [-0.15, -0.1) is 0 Å². The van der Waals surface area contributed by atoms with Crippen molar-refractivity contribution in [2.24, 2.45) is 5.41 Å². The molecule has 4 heteroatoms. The van der Waals surface area contributed by atoms with E-state index in [0.29, 0.717) is 19.1 Å². The molecule has 0 radical (unpaired) electrons. The maximum atomic E-state index is 12.8. The molecule has 1 unspecified atom stereocenters. The summed E-state index contributed by atoms with van der Waals surface area (Å²) < 4.78 is 25.7. The Bertz CT molecular complexity index is 194. The van der Waals surface area contributed by atoms with Crippen molar-refractivity contribution in [3.63, 3.8) is 0 Å². The Morgan fingerprint density at radius 2 is 2.08 bits per heavy atom. The van der Waals surface area contributed by atoms with Gasteiger partial charge in [0.25, 0.3) is 0 Å². The van der Waals surface area contributed by atoms with E-state index in [9.17, 15) is 13.6 Å². The van der Waals surface area contributed by atoms with Crippen LogP contribution in [0.25, 0.3) is 0 Å². The van der Waals surface area contributed by atoms with Crippen LogP contribution in [0.3, 0.4) is 0 Å². The average Bonchev–Trinajstić information content (AvgIpc) is 2.40. The van der Waals surface area contributed by atoms with E-state index in [-0.39, 0.29) is 25.9 Å². The van der Waals surface area contributed by atoms with Gasteiger partial charge in [-0.1, -0.05) is 0 Å². The van der Waals surface area contributed by atoms with Crippen LogP contribution in [-0.4, -0.2) is 23.9 Å². The van der Waals surface area contributed by atoms with Crippen molar-refractivity contribution in [3.8, 4) is 0 Å². The first kappa shape index (κ1) is 10.6. The predicted molar refractivity (Wildman–Crippen MR) is 43.6 cm³/mol. The first-order chi connectivity index (χ1) is 6.04. The van der Waals surface area contributed by atoms with Gasteiger partial charge in [-0.25, -0.2) is 8.78 Å². The fraction of sp³-hybridized carbons (Fsp3) is 0.889. The van der Waals surface area contributed by atoms with Crippen LogP contribution in [0.2, 0.25) is 0 Å². The molecule has 1 N–H and O–H groups in total. The van der Waals surface area contributed by atoms with Gasteiger partial charge in [0.15, 0.2) is 0 Å². The third-order valence-electron chi connectivity index (χ3n) is 2.68. The summed E-state index contributed by atoms with van der Waals surface area (Å²) in [5.74, 6) is -2.68. The maximum Gasteiger partial charge on any atom is 0.249 e. The van der Waals surface area contributed by atoms with Gasteiger partial charge in [-0.2, -0.15) is 0 Å². The second-order valence-electron chi connectivity index (χ2n) is 3.84. The summed E-state index contributed by atoms with van der Waals surface area (Å²) in [5.41, 5.74) is -0.869. The highest BCUT2D eigenvalue weighted by Crippen LogP contribution is 2.48. The van der Waals surface area contributed by atoms with Gasteiger partial charge in [0.05, 0.1) is 0 Å². The smallest absolute Gasteiger partial charge is 0.249 e. The van der Waals surface area contributed by atoms with Gasteiger partial charge < -0.3 is 9.90 Å². The highest BCUT2D eigenvalue weighted by Gasteiger charge is 2.48. The maximum absolute atomic E-state index is 12.8. The minimum atomic E-state index is -2.68. The highest BCUT2D eigenvalue weighted by molar-refractivity contribution is 5.60. The second kappa shape index (κ2) is 3.70. The van der Waals surface area contributed by atoms with Crippen LogP contribution >= 0.6 is 0 Å². The topological polar surface area (TPSA) is 37.3 Å². The normalized spacial score (nSPS) is 31.9. The molecule has 0 spiro atoms. The van der Waals surface area contributed by atoms with E-state index in [1.807, 2.05) is 0 Å². The van der Waals surface area contributed by atoms with Crippen LogP contribution < -0.4 is 0 Å². The van der Waals surface area contributed by atoms with Gasteiger partial charge in [-0.05, 0) is 19.3 Å². The van der Waals surface area contributed by atoms with Crippen molar-refractivity contribution in [3.05, 3.63) is 0 Å². The molecule has 0 aromatic rings. The molecule has 0 bridgehead atoms. The largest absolute Gasteiger partial charge is 0.396 e. The van der Waals surface area contributed by atoms with Gasteiger partial charge in [0.2, 0.25) is 5.92 Å². The molecule has 1 atom stereocenters. The molecule has 1 saturated carbocycles. The van der Waals surface area contributed by atoms with E-state index in [4.69, 9.17) is 5.11 Å². The number of halogens is 2. The van der Waals surface area contributed by atoms with Crippen LogP contribution in [0.5, 0.6) is 0 Å². The molecule has 1 aliphatic carbocycles. The summed E-state index contributed by atoms with van der Waals surface area (Å²) >= 11 is 0. The van der Waals surface area contributed by atoms with Crippen LogP contribution in [-0.2, 0) is 4.79 Å². The molecular weight excluding hydrogens is 178 g/mol. The minimum Gasteiger partial charge on any atom is -0.396 e. The summed E-state index contributed by atoms with van der Waals surface area (Å²) in [4.78, 5) is 10.7. The van der Waals surface area contributed by atoms with Gasteiger partial charge in [0.1, 0.15) is 6.29 Å². The van der Waals surface area contributed by atoms with Crippen molar-refractivity contribution in [2.45, 2.75) is 38.0 Å². The van der Waals surface area contributed by atoms with Crippen LogP contribution in [0.15, 0.2) is 0 Å². The molecule has 0 aromatic carbocycles. The van der Waals surface area contributed by atoms with E-state index in [0.717, 1.165) is 0 Å². The molecule has 0 saturated heterocycles. The number of aldehydes is 1. The zero-order valence-electron chi connectivity index (χ0n) is 7.43. The van der Waals surface area contributed by atoms with Gasteiger partial charge >= 0.3 is 0 Å². The zero-order valence-corrected chi connectivity index (χ0v) is 7.43. The number of aliphatic hydroxyl groups is 1. The van der Waals surface area contributed by atoms with Crippen molar-refractivity contribution < 1.29 is 18.7 Å². The Morgan fingerprint density at radius 1 is 1.38 bits per heavy atom. The van der Waals surface area contributed by atoms with E-state index in [1.54, 1.807) is 0 Å². The Balaban J connectivity index is 2.57. The molecule has 0 heterocycles. The number of carbonyl (C=O) groups is 1. The monoisotopic (exact) mass is 192 g/mol. The van der Waals surface area contributed by atoms with E-state index >= 15 is 0 Å². The Kier molecular flexibility index (Phi) is 3.01. The lowest BCUT2D eigenvalue weighted by molar-refractivity contribution is -0.118. The Hall–Kier alpha value is -0.510. The third-order valence-corrected chi connectivity index (χ3v) is 2.68. The Labute approximate surface area is 75.9 Å². The summed E-state index contributed by atoms with van der Waals surface area (Å²) in [6, 6.07) is 0. The first-order valence-corrected chi connectivity index (χ1v) is 4.49. The molecule has 2 nitrogen and oxygen atoms in total. The predicted octanol–water partition coefficient (Wildman–Crippen LogP) is 1.76. The molecule has 13 heavy (non-hydrogen) atoms. The lowest BCUT2D eigenvalue weighted by Crippen LogP contribution is -2.22. The number of rotatable bonds is 4. The van der Waals surface area contributed by atoms with Crippen LogP contribution in [0.1, 0.15) is 32.1 Å². The number of hydrogen-bond donors (Lipinski definition) is 1. The van der Waals surface area contributed by atoms with Crippen molar-refractivity contribution in [1.82, 2.24) is 0 Å². The number of alkyl halides is 2. The summed E-state index contributed by atoms with van der Waals surface area (Å²) in [5, 5.41) is 8.56. The SMILES string of the molecule is O=CC1(CCCO)CCC(F)(F)C1. The minimum absolute atomic E-state index is 0.0405. The quantitative estimate of drug-likeness (QED) is 0.689. The van der Waals surface area contributed by atoms with Gasteiger partial charge in [0, 0.05) is 24.9 Å². The standard InChI is InChI=1S/C9H14F2O2/c10-9(11)4-3-8(6-9,7-13)2-1-5-12/h7,12H,1-6H2.